The molecule has 6 nitrogen and oxygen atoms in total. The number of ether oxygens (including phenoxy) is 1. The van der Waals surface area contributed by atoms with E-state index in [1.165, 1.54) is 18.5 Å². The molecule has 6 heteroatoms. The van der Waals surface area contributed by atoms with E-state index in [2.05, 4.69) is 10.1 Å². The fourth-order valence-corrected chi connectivity index (χ4v) is 2.10. The second-order valence-corrected chi connectivity index (χ2v) is 4.44. The first-order chi connectivity index (χ1) is 10.2. The molecule has 0 fully saturated rings. The van der Waals surface area contributed by atoms with Gasteiger partial charge in [0.2, 0.25) is 0 Å². The highest BCUT2D eigenvalue weighted by Gasteiger charge is 2.15. The van der Waals surface area contributed by atoms with Gasteiger partial charge in [-0.2, -0.15) is 5.10 Å². The van der Waals surface area contributed by atoms with Gasteiger partial charge in [0.1, 0.15) is 23.5 Å². The van der Waals surface area contributed by atoms with E-state index in [9.17, 15) is 4.79 Å². The molecule has 0 saturated heterocycles. The number of hydrogen-bond acceptors (Lipinski definition) is 5. The lowest BCUT2D eigenvalue weighted by Crippen LogP contribution is -2.05. The molecule has 2 heterocycles. The van der Waals surface area contributed by atoms with Crippen LogP contribution >= 0.6 is 0 Å². The van der Waals surface area contributed by atoms with Crippen molar-refractivity contribution in [3.63, 3.8) is 0 Å². The van der Waals surface area contributed by atoms with Crippen LogP contribution in [0.2, 0.25) is 0 Å². The van der Waals surface area contributed by atoms with Gasteiger partial charge in [0.05, 0.1) is 7.11 Å². The summed E-state index contributed by atoms with van der Waals surface area (Å²) in [6, 6.07) is 10.2. The van der Waals surface area contributed by atoms with Crippen LogP contribution in [0, 0.1) is 6.92 Å². The van der Waals surface area contributed by atoms with Gasteiger partial charge in [0.15, 0.2) is 17.0 Å². The Bertz CT molecular complexity index is 836. The molecular weight excluding hydrogens is 270 g/mol. The van der Waals surface area contributed by atoms with E-state index in [1.807, 2.05) is 24.3 Å². The highest BCUT2D eigenvalue weighted by molar-refractivity contribution is 5.55. The largest absolute Gasteiger partial charge is 0.494 e. The van der Waals surface area contributed by atoms with Crippen LogP contribution in [-0.4, -0.2) is 21.9 Å². The van der Waals surface area contributed by atoms with Gasteiger partial charge in [-0.05, 0) is 19.1 Å². The average molecular weight is 283 g/mol. The Morgan fingerprint density at radius 2 is 2.05 bits per heavy atom. The van der Waals surface area contributed by atoms with Crippen molar-refractivity contribution in [2.45, 2.75) is 6.92 Å². The Morgan fingerprint density at radius 3 is 2.81 bits per heavy atom. The summed E-state index contributed by atoms with van der Waals surface area (Å²) in [5.41, 5.74) is 0.583. The lowest BCUT2D eigenvalue weighted by molar-refractivity contribution is 0.411. The molecule has 0 unspecified atom stereocenters. The summed E-state index contributed by atoms with van der Waals surface area (Å²) in [4.78, 5) is 15.8. The van der Waals surface area contributed by atoms with Crippen molar-refractivity contribution in [1.82, 2.24) is 14.8 Å². The molecule has 0 aliphatic heterocycles. The van der Waals surface area contributed by atoms with E-state index in [0.29, 0.717) is 23.1 Å². The van der Waals surface area contributed by atoms with Crippen LogP contribution in [0.25, 0.3) is 17.3 Å². The number of hydrogen-bond donors (Lipinski definition) is 0. The van der Waals surface area contributed by atoms with Crippen molar-refractivity contribution in [2.75, 3.05) is 7.11 Å². The zero-order valence-corrected chi connectivity index (χ0v) is 11.6. The van der Waals surface area contributed by atoms with E-state index >= 15 is 0 Å². The molecule has 21 heavy (non-hydrogen) atoms. The Kier molecular flexibility index (Phi) is 3.27. The SMILES string of the molecule is COc1ccccc1-n1ncnc1-c1cc(=O)cc(C)o1. The van der Waals surface area contributed by atoms with Gasteiger partial charge in [-0.25, -0.2) is 9.67 Å². The number of benzene rings is 1. The maximum absolute atomic E-state index is 11.6. The number of rotatable bonds is 3. The second kappa shape index (κ2) is 5.24. The van der Waals surface area contributed by atoms with Gasteiger partial charge in [-0.1, -0.05) is 12.1 Å². The van der Waals surface area contributed by atoms with Gasteiger partial charge in [0.25, 0.3) is 0 Å². The highest BCUT2D eigenvalue weighted by Crippen LogP contribution is 2.26. The maximum atomic E-state index is 11.6. The van der Waals surface area contributed by atoms with Crippen LogP contribution in [0.1, 0.15) is 5.76 Å². The van der Waals surface area contributed by atoms with Gasteiger partial charge in [0, 0.05) is 12.1 Å². The van der Waals surface area contributed by atoms with Crippen LogP contribution < -0.4 is 10.2 Å². The maximum Gasteiger partial charge on any atom is 0.199 e. The van der Waals surface area contributed by atoms with Crippen molar-refractivity contribution in [3.05, 3.63) is 58.7 Å². The Morgan fingerprint density at radius 1 is 1.24 bits per heavy atom. The normalized spacial score (nSPS) is 10.6. The van der Waals surface area contributed by atoms with Crippen molar-refractivity contribution in [1.29, 1.82) is 0 Å². The number of para-hydroxylation sites is 2. The number of aryl methyl sites for hydroxylation is 1. The molecule has 3 aromatic rings. The highest BCUT2D eigenvalue weighted by atomic mass is 16.5. The van der Waals surface area contributed by atoms with Crippen LogP contribution in [0.15, 0.2) is 51.9 Å². The molecular formula is C15H13N3O3. The number of nitrogens with zero attached hydrogens (tertiary/aromatic N) is 3. The van der Waals surface area contributed by atoms with Crippen LogP contribution in [0.3, 0.4) is 0 Å². The molecule has 0 amide bonds. The average Bonchev–Trinajstić information content (AvgIpc) is 2.95. The van der Waals surface area contributed by atoms with Crippen LogP contribution in [0.5, 0.6) is 5.75 Å². The van der Waals surface area contributed by atoms with Gasteiger partial charge in [-0.3, -0.25) is 4.79 Å². The predicted molar refractivity (Wildman–Crippen MR) is 76.6 cm³/mol. The van der Waals surface area contributed by atoms with E-state index in [1.54, 1.807) is 18.7 Å². The summed E-state index contributed by atoms with van der Waals surface area (Å²) in [5.74, 6) is 1.98. The van der Waals surface area contributed by atoms with Crippen molar-refractivity contribution in [2.24, 2.45) is 0 Å². The fraction of sp³-hybridized carbons (Fsp3) is 0.133. The third-order valence-corrected chi connectivity index (χ3v) is 2.97. The lowest BCUT2D eigenvalue weighted by Gasteiger charge is -2.10. The lowest BCUT2D eigenvalue weighted by atomic mass is 10.3. The van der Waals surface area contributed by atoms with Crippen LogP contribution in [-0.2, 0) is 0 Å². The minimum atomic E-state index is -0.136. The van der Waals surface area contributed by atoms with E-state index in [0.717, 1.165) is 5.69 Å². The first-order valence-electron chi connectivity index (χ1n) is 6.34. The van der Waals surface area contributed by atoms with E-state index < -0.39 is 0 Å². The first kappa shape index (κ1) is 13.1. The molecule has 0 radical (unpaired) electrons. The van der Waals surface area contributed by atoms with Crippen molar-refractivity contribution in [3.8, 4) is 23.0 Å². The summed E-state index contributed by atoms with van der Waals surface area (Å²) in [7, 11) is 1.59. The monoisotopic (exact) mass is 283 g/mol. The molecule has 0 bridgehead atoms. The number of methoxy groups -OCH3 is 1. The third-order valence-electron chi connectivity index (χ3n) is 2.97. The summed E-state index contributed by atoms with van der Waals surface area (Å²) < 4.78 is 12.5. The molecule has 0 N–H and O–H groups in total. The minimum absolute atomic E-state index is 0.136. The zero-order chi connectivity index (χ0) is 14.8. The molecule has 106 valence electrons. The quantitative estimate of drug-likeness (QED) is 0.737. The van der Waals surface area contributed by atoms with E-state index in [-0.39, 0.29) is 5.43 Å². The molecule has 2 aromatic heterocycles. The molecule has 0 saturated carbocycles. The van der Waals surface area contributed by atoms with Crippen molar-refractivity contribution >= 4 is 0 Å². The van der Waals surface area contributed by atoms with Crippen LogP contribution in [0.4, 0.5) is 0 Å². The molecule has 0 spiro atoms. The summed E-state index contributed by atoms with van der Waals surface area (Å²) in [5, 5.41) is 4.19. The molecule has 3 rings (SSSR count). The Labute approximate surface area is 120 Å². The molecule has 0 aliphatic rings. The molecule has 1 aromatic carbocycles. The fourth-order valence-electron chi connectivity index (χ4n) is 2.10. The summed E-state index contributed by atoms with van der Waals surface area (Å²) >= 11 is 0. The zero-order valence-electron chi connectivity index (χ0n) is 11.6. The summed E-state index contributed by atoms with van der Waals surface area (Å²) in [6.07, 6.45) is 1.41. The second-order valence-electron chi connectivity index (χ2n) is 4.44. The van der Waals surface area contributed by atoms with E-state index in [4.69, 9.17) is 9.15 Å². The summed E-state index contributed by atoms with van der Waals surface area (Å²) in [6.45, 7) is 1.72. The van der Waals surface area contributed by atoms with Gasteiger partial charge >= 0.3 is 0 Å². The van der Waals surface area contributed by atoms with Gasteiger partial charge < -0.3 is 9.15 Å². The topological polar surface area (TPSA) is 70.2 Å². The Balaban J connectivity index is 2.19. The third kappa shape index (κ3) is 2.43. The molecule has 0 aliphatic carbocycles. The molecule has 0 atom stereocenters. The van der Waals surface area contributed by atoms with Gasteiger partial charge in [-0.15, -0.1) is 0 Å². The minimum Gasteiger partial charge on any atom is -0.494 e. The predicted octanol–water partition coefficient (Wildman–Crippen LogP) is 2.20. The number of aromatic nitrogens is 3. The first-order valence-corrected chi connectivity index (χ1v) is 6.34. The Hall–Kier alpha value is -2.89. The van der Waals surface area contributed by atoms with Crippen molar-refractivity contribution < 1.29 is 9.15 Å². The smallest absolute Gasteiger partial charge is 0.199 e. The standard InChI is InChI=1S/C15H13N3O3/c1-10-7-11(19)8-14(21-10)15-16-9-17-18(15)12-5-3-4-6-13(12)20-2/h3-9H,1-2H3.